The standard InChI is InChI=1S/C13H18BrClO2/c1-13(2,3)17-7-6-16-9-10-4-5-11(14)8-12(10)15/h4-5,8H,6-7,9H2,1-3H3. The van der Waals surface area contributed by atoms with E-state index in [4.69, 9.17) is 21.1 Å². The third-order valence-corrected chi connectivity index (χ3v) is 2.88. The van der Waals surface area contributed by atoms with Gasteiger partial charge in [-0.2, -0.15) is 0 Å². The highest BCUT2D eigenvalue weighted by Crippen LogP contribution is 2.21. The van der Waals surface area contributed by atoms with Crippen molar-refractivity contribution in [1.29, 1.82) is 0 Å². The molecule has 2 nitrogen and oxygen atoms in total. The maximum Gasteiger partial charge on any atom is 0.0732 e. The molecule has 0 aliphatic rings. The minimum Gasteiger partial charge on any atom is -0.374 e. The van der Waals surface area contributed by atoms with Crippen LogP contribution in [0.2, 0.25) is 5.02 Å². The van der Waals surface area contributed by atoms with Crippen molar-refractivity contribution >= 4 is 27.5 Å². The quantitative estimate of drug-likeness (QED) is 0.747. The molecule has 17 heavy (non-hydrogen) atoms. The zero-order valence-electron chi connectivity index (χ0n) is 10.4. The molecule has 4 heteroatoms. The van der Waals surface area contributed by atoms with E-state index in [1.807, 2.05) is 39.0 Å². The van der Waals surface area contributed by atoms with Crippen LogP contribution in [0, 0.1) is 0 Å². The molecule has 0 aliphatic carbocycles. The van der Waals surface area contributed by atoms with Crippen LogP contribution in [0.3, 0.4) is 0 Å². The Hall–Kier alpha value is -0.0900. The van der Waals surface area contributed by atoms with E-state index in [-0.39, 0.29) is 5.60 Å². The van der Waals surface area contributed by atoms with Gasteiger partial charge in [-0.1, -0.05) is 33.6 Å². The molecule has 1 rings (SSSR count). The monoisotopic (exact) mass is 320 g/mol. The molecule has 0 saturated heterocycles. The van der Waals surface area contributed by atoms with Crippen LogP contribution < -0.4 is 0 Å². The molecule has 0 atom stereocenters. The lowest BCUT2D eigenvalue weighted by Crippen LogP contribution is -2.21. The van der Waals surface area contributed by atoms with Gasteiger partial charge in [-0.15, -0.1) is 0 Å². The summed E-state index contributed by atoms with van der Waals surface area (Å²) < 4.78 is 12.0. The third kappa shape index (κ3) is 6.41. The summed E-state index contributed by atoms with van der Waals surface area (Å²) in [5.74, 6) is 0. The Morgan fingerprint density at radius 2 is 1.94 bits per heavy atom. The van der Waals surface area contributed by atoms with Crippen molar-refractivity contribution in [3.8, 4) is 0 Å². The Morgan fingerprint density at radius 1 is 1.24 bits per heavy atom. The predicted octanol–water partition coefficient (Wildman–Crippen LogP) is 4.43. The number of halogens is 2. The van der Waals surface area contributed by atoms with Crippen molar-refractivity contribution in [1.82, 2.24) is 0 Å². The van der Waals surface area contributed by atoms with Crippen LogP contribution in [0.1, 0.15) is 26.3 Å². The first-order valence-corrected chi connectivity index (χ1v) is 6.71. The molecule has 0 spiro atoms. The Morgan fingerprint density at radius 3 is 2.53 bits per heavy atom. The fourth-order valence-electron chi connectivity index (χ4n) is 1.23. The fourth-order valence-corrected chi connectivity index (χ4v) is 1.96. The van der Waals surface area contributed by atoms with Crippen molar-refractivity contribution in [2.45, 2.75) is 33.0 Å². The van der Waals surface area contributed by atoms with Crippen molar-refractivity contribution < 1.29 is 9.47 Å². The summed E-state index contributed by atoms with van der Waals surface area (Å²) in [6.07, 6.45) is 0. The van der Waals surface area contributed by atoms with Crippen molar-refractivity contribution in [3.05, 3.63) is 33.3 Å². The maximum atomic E-state index is 6.07. The summed E-state index contributed by atoms with van der Waals surface area (Å²) in [5.41, 5.74) is 0.879. The molecule has 1 aromatic carbocycles. The van der Waals surface area contributed by atoms with Crippen LogP contribution in [0.25, 0.3) is 0 Å². The van der Waals surface area contributed by atoms with Gasteiger partial charge in [0, 0.05) is 9.50 Å². The molecule has 0 aromatic heterocycles. The molecule has 0 unspecified atom stereocenters. The summed E-state index contributed by atoms with van der Waals surface area (Å²) in [6.45, 7) is 7.76. The van der Waals surface area contributed by atoms with Crippen LogP contribution in [-0.2, 0) is 16.1 Å². The van der Waals surface area contributed by atoms with Crippen LogP contribution >= 0.6 is 27.5 Å². The van der Waals surface area contributed by atoms with Crippen molar-refractivity contribution in [2.24, 2.45) is 0 Å². The summed E-state index contributed by atoms with van der Waals surface area (Å²) in [5, 5.41) is 0.719. The van der Waals surface area contributed by atoms with E-state index in [2.05, 4.69) is 15.9 Å². The minimum atomic E-state index is -0.112. The molecule has 0 saturated carbocycles. The molecule has 0 aliphatic heterocycles. The normalized spacial score (nSPS) is 11.8. The Kier molecular flexibility index (Phi) is 5.93. The van der Waals surface area contributed by atoms with Gasteiger partial charge in [0.25, 0.3) is 0 Å². The molecule has 96 valence electrons. The SMILES string of the molecule is CC(C)(C)OCCOCc1ccc(Br)cc1Cl. The van der Waals surface area contributed by atoms with E-state index in [1.165, 1.54) is 0 Å². The number of benzene rings is 1. The zero-order chi connectivity index (χ0) is 12.9. The van der Waals surface area contributed by atoms with E-state index < -0.39 is 0 Å². The lowest BCUT2D eigenvalue weighted by molar-refractivity contribution is -0.0376. The van der Waals surface area contributed by atoms with Gasteiger partial charge >= 0.3 is 0 Å². The molecule has 0 radical (unpaired) electrons. The number of hydrogen-bond donors (Lipinski definition) is 0. The summed E-state index contributed by atoms with van der Waals surface area (Å²) in [4.78, 5) is 0. The number of hydrogen-bond acceptors (Lipinski definition) is 2. The van der Waals surface area contributed by atoms with Crippen LogP contribution in [0.5, 0.6) is 0 Å². The van der Waals surface area contributed by atoms with E-state index in [0.29, 0.717) is 19.8 Å². The van der Waals surface area contributed by atoms with E-state index in [0.717, 1.165) is 15.1 Å². The molecule has 0 fully saturated rings. The van der Waals surface area contributed by atoms with Gasteiger partial charge in [-0.05, 0) is 38.5 Å². The highest BCUT2D eigenvalue weighted by Gasteiger charge is 2.09. The zero-order valence-corrected chi connectivity index (χ0v) is 12.8. The van der Waals surface area contributed by atoms with Gasteiger partial charge < -0.3 is 9.47 Å². The van der Waals surface area contributed by atoms with Gasteiger partial charge in [0.1, 0.15) is 0 Å². The number of ether oxygens (including phenoxy) is 2. The largest absolute Gasteiger partial charge is 0.374 e. The van der Waals surface area contributed by atoms with E-state index >= 15 is 0 Å². The summed E-state index contributed by atoms with van der Waals surface area (Å²) in [6, 6.07) is 5.78. The number of rotatable bonds is 5. The molecule has 1 aromatic rings. The third-order valence-electron chi connectivity index (χ3n) is 2.04. The summed E-state index contributed by atoms with van der Waals surface area (Å²) >= 11 is 9.44. The second-order valence-corrected chi connectivity index (χ2v) is 6.07. The summed E-state index contributed by atoms with van der Waals surface area (Å²) in [7, 11) is 0. The van der Waals surface area contributed by atoms with Crippen molar-refractivity contribution in [3.63, 3.8) is 0 Å². The maximum absolute atomic E-state index is 6.07. The van der Waals surface area contributed by atoms with Crippen LogP contribution in [-0.4, -0.2) is 18.8 Å². The first-order valence-electron chi connectivity index (χ1n) is 5.54. The highest BCUT2D eigenvalue weighted by molar-refractivity contribution is 9.10. The van der Waals surface area contributed by atoms with Gasteiger partial charge in [0.05, 0.1) is 25.4 Å². The second kappa shape index (κ2) is 6.74. The predicted molar refractivity (Wildman–Crippen MR) is 74.5 cm³/mol. The fraction of sp³-hybridized carbons (Fsp3) is 0.538. The molecule has 0 N–H and O–H groups in total. The highest BCUT2D eigenvalue weighted by atomic mass is 79.9. The van der Waals surface area contributed by atoms with Crippen LogP contribution in [0.4, 0.5) is 0 Å². The van der Waals surface area contributed by atoms with Crippen molar-refractivity contribution in [2.75, 3.05) is 13.2 Å². The smallest absolute Gasteiger partial charge is 0.0732 e. The van der Waals surface area contributed by atoms with Gasteiger partial charge in [-0.25, -0.2) is 0 Å². The lowest BCUT2D eigenvalue weighted by Gasteiger charge is -2.19. The molecular weight excluding hydrogens is 303 g/mol. The first kappa shape index (κ1) is 15.0. The van der Waals surface area contributed by atoms with Gasteiger partial charge in [0.15, 0.2) is 0 Å². The second-order valence-electron chi connectivity index (χ2n) is 4.75. The first-order chi connectivity index (χ1) is 7.88. The van der Waals surface area contributed by atoms with Crippen LogP contribution in [0.15, 0.2) is 22.7 Å². The topological polar surface area (TPSA) is 18.5 Å². The molecule has 0 amide bonds. The van der Waals surface area contributed by atoms with E-state index in [1.54, 1.807) is 0 Å². The molecular formula is C13H18BrClO2. The average molecular weight is 322 g/mol. The lowest BCUT2D eigenvalue weighted by atomic mass is 10.2. The van der Waals surface area contributed by atoms with E-state index in [9.17, 15) is 0 Å². The van der Waals surface area contributed by atoms with Gasteiger partial charge in [-0.3, -0.25) is 0 Å². The van der Waals surface area contributed by atoms with Gasteiger partial charge in [0.2, 0.25) is 0 Å². The molecule has 0 bridgehead atoms. The average Bonchev–Trinajstić information content (AvgIpc) is 2.18. The molecule has 0 heterocycles. The Bertz CT molecular complexity index is 361. The Labute approximate surface area is 116 Å². The minimum absolute atomic E-state index is 0.112. The Balaban J connectivity index is 2.27.